The molecule has 1 atom stereocenters. The van der Waals surface area contributed by atoms with Gasteiger partial charge in [0.15, 0.2) is 17.3 Å². The first kappa shape index (κ1) is 20.1. The molecule has 1 unspecified atom stereocenters. The van der Waals surface area contributed by atoms with E-state index in [1.54, 1.807) is 0 Å². The van der Waals surface area contributed by atoms with Gasteiger partial charge in [0.05, 0.1) is 11.8 Å². The van der Waals surface area contributed by atoms with Gasteiger partial charge in [0.25, 0.3) is 0 Å². The Morgan fingerprint density at radius 1 is 1.17 bits per heavy atom. The molecule has 0 aliphatic carbocycles. The van der Waals surface area contributed by atoms with E-state index in [-0.39, 0.29) is 17.7 Å². The molecule has 0 bridgehead atoms. The third-order valence-electron chi connectivity index (χ3n) is 4.75. The second kappa shape index (κ2) is 8.66. The molecule has 8 nitrogen and oxygen atoms in total. The van der Waals surface area contributed by atoms with Crippen molar-refractivity contribution < 1.29 is 14.3 Å². The van der Waals surface area contributed by atoms with E-state index in [1.165, 1.54) is 16.4 Å². The molecule has 30 heavy (non-hydrogen) atoms. The summed E-state index contributed by atoms with van der Waals surface area (Å²) in [5, 5.41) is 11.7. The van der Waals surface area contributed by atoms with Crippen molar-refractivity contribution in [3.8, 4) is 22.9 Å². The molecule has 4 rings (SSSR count). The summed E-state index contributed by atoms with van der Waals surface area (Å²) in [5.41, 5.74) is 2.97. The van der Waals surface area contributed by atoms with Crippen LogP contribution in [0, 0.1) is 6.92 Å². The van der Waals surface area contributed by atoms with Crippen LogP contribution in [0.4, 0.5) is 0 Å². The fraction of sp³-hybridized carbons (Fsp3) is 0.286. The van der Waals surface area contributed by atoms with E-state index in [0.29, 0.717) is 29.9 Å². The number of benzene rings is 2. The molecule has 0 saturated carbocycles. The first-order valence-corrected chi connectivity index (χ1v) is 10.6. The third-order valence-corrected chi connectivity index (χ3v) is 5.69. The van der Waals surface area contributed by atoms with Crippen molar-refractivity contribution in [2.45, 2.75) is 25.0 Å². The van der Waals surface area contributed by atoms with Crippen molar-refractivity contribution in [1.29, 1.82) is 0 Å². The van der Waals surface area contributed by atoms with Gasteiger partial charge in [0.1, 0.15) is 13.2 Å². The molecule has 9 heteroatoms. The monoisotopic (exact) mass is 425 g/mol. The zero-order valence-corrected chi connectivity index (χ0v) is 17.6. The van der Waals surface area contributed by atoms with Crippen molar-refractivity contribution in [1.82, 2.24) is 20.2 Å². The number of hydrogen-bond acceptors (Lipinski definition) is 7. The van der Waals surface area contributed by atoms with Gasteiger partial charge in [-0.15, -0.1) is 10.2 Å². The summed E-state index contributed by atoms with van der Waals surface area (Å²) < 4.78 is 12.6. The quantitative estimate of drug-likeness (QED) is 0.462. The van der Waals surface area contributed by atoms with E-state index < -0.39 is 0 Å². The van der Waals surface area contributed by atoms with Crippen LogP contribution in [0.3, 0.4) is 0 Å². The van der Waals surface area contributed by atoms with E-state index in [1.807, 2.05) is 56.3 Å². The average molecular weight is 426 g/mol. The molecule has 1 aliphatic rings. The van der Waals surface area contributed by atoms with Crippen LogP contribution < -0.4 is 20.6 Å². The maximum atomic E-state index is 12.4. The summed E-state index contributed by atoms with van der Waals surface area (Å²) in [4.78, 5) is 12.4. The Labute approximate surface area is 178 Å². The zero-order valence-electron chi connectivity index (χ0n) is 16.8. The zero-order chi connectivity index (χ0) is 21.1. The number of nitrogens with one attached hydrogen (secondary N) is 1. The maximum Gasteiger partial charge on any atom is 0.230 e. The van der Waals surface area contributed by atoms with Crippen LogP contribution in [0.1, 0.15) is 24.1 Å². The maximum absolute atomic E-state index is 12.4. The first-order valence-electron chi connectivity index (χ1n) is 9.60. The molecule has 0 radical (unpaired) electrons. The number of thioether (sulfide) groups is 1. The molecular formula is C21H23N5O3S. The van der Waals surface area contributed by atoms with Crippen LogP contribution in [0.2, 0.25) is 0 Å². The van der Waals surface area contributed by atoms with Crippen LogP contribution in [0.25, 0.3) is 11.4 Å². The molecule has 3 N–H and O–H groups in total. The fourth-order valence-corrected chi connectivity index (χ4v) is 3.77. The topological polar surface area (TPSA) is 104 Å². The second-order valence-electron chi connectivity index (χ2n) is 7.02. The predicted octanol–water partition coefficient (Wildman–Crippen LogP) is 2.71. The Hall–Kier alpha value is -3.20. The van der Waals surface area contributed by atoms with Crippen LogP contribution in [-0.4, -0.2) is 39.7 Å². The Balaban J connectivity index is 1.35. The highest BCUT2D eigenvalue weighted by Gasteiger charge is 2.17. The lowest BCUT2D eigenvalue weighted by Crippen LogP contribution is -2.28. The number of carbonyl (C=O) groups excluding carboxylic acids is 1. The van der Waals surface area contributed by atoms with Crippen molar-refractivity contribution in [2.75, 3.05) is 24.8 Å². The second-order valence-corrected chi connectivity index (χ2v) is 7.97. The highest BCUT2D eigenvalue weighted by atomic mass is 32.2. The van der Waals surface area contributed by atoms with Crippen molar-refractivity contribution in [2.24, 2.45) is 0 Å². The third kappa shape index (κ3) is 4.35. The largest absolute Gasteiger partial charge is 0.486 e. The molecule has 2 aromatic carbocycles. The van der Waals surface area contributed by atoms with Gasteiger partial charge in [0.2, 0.25) is 11.1 Å². The highest BCUT2D eigenvalue weighted by molar-refractivity contribution is 7.99. The summed E-state index contributed by atoms with van der Waals surface area (Å²) in [5.74, 6) is 8.17. The number of carbonyl (C=O) groups is 1. The normalized spacial score (nSPS) is 13.7. The smallest absolute Gasteiger partial charge is 0.230 e. The Bertz CT molecular complexity index is 1050. The molecule has 1 amide bonds. The van der Waals surface area contributed by atoms with E-state index in [9.17, 15) is 4.79 Å². The van der Waals surface area contributed by atoms with Crippen molar-refractivity contribution >= 4 is 17.7 Å². The average Bonchev–Trinajstić information content (AvgIpc) is 3.12. The van der Waals surface area contributed by atoms with Crippen LogP contribution in [-0.2, 0) is 4.79 Å². The van der Waals surface area contributed by atoms with E-state index in [2.05, 4.69) is 15.5 Å². The van der Waals surface area contributed by atoms with Gasteiger partial charge in [-0.05, 0) is 31.5 Å². The number of ether oxygens (including phenoxy) is 2. The van der Waals surface area contributed by atoms with Crippen LogP contribution >= 0.6 is 11.8 Å². The molecule has 2 heterocycles. The first-order chi connectivity index (χ1) is 14.5. The Morgan fingerprint density at radius 3 is 2.67 bits per heavy atom. The number of nitrogens with two attached hydrogens (primary N) is 1. The minimum atomic E-state index is -0.173. The highest BCUT2D eigenvalue weighted by Crippen LogP contribution is 2.32. The van der Waals surface area contributed by atoms with Gasteiger partial charge in [0, 0.05) is 5.56 Å². The van der Waals surface area contributed by atoms with Crippen LogP contribution in [0.15, 0.2) is 47.6 Å². The number of amides is 1. The molecule has 0 fully saturated rings. The minimum absolute atomic E-state index is 0.123. The molecule has 3 aromatic rings. The lowest BCUT2D eigenvalue weighted by atomic mass is 10.1. The number of nitrogens with zero attached hydrogens (tertiary/aromatic N) is 3. The van der Waals surface area contributed by atoms with Gasteiger partial charge in [-0.25, -0.2) is 4.68 Å². The van der Waals surface area contributed by atoms with E-state index in [4.69, 9.17) is 15.3 Å². The van der Waals surface area contributed by atoms with Gasteiger partial charge in [-0.1, -0.05) is 47.7 Å². The number of nitrogen functional groups attached to an aromatic ring is 1. The number of aromatic nitrogens is 3. The Kier molecular flexibility index (Phi) is 5.80. The predicted molar refractivity (Wildman–Crippen MR) is 115 cm³/mol. The van der Waals surface area contributed by atoms with Gasteiger partial charge in [-0.3, -0.25) is 4.79 Å². The summed E-state index contributed by atoms with van der Waals surface area (Å²) in [7, 11) is 0. The SMILES string of the molecule is Cc1ccc(-c2nnc(SCC(=O)NC(C)c3ccc4c(c3)OCCO4)n2N)cc1. The number of hydrogen-bond donors (Lipinski definition) is 2. The standard InChI is InChI=1S/C21H23N5O3S/c1-13-3-5-15(6-4-13)20-24-25-21(26(20)22)30-12-19(27)23-14(2)16-7-8-17-18(11-16)29-10-9-28-17/h3-8,11,14H,9-10,12,22H2,1-2H3,(H,23,27). The fourth-order valence-electron chi connectivity index (χ4n) is 3.10. The Morgan fingerprint density at radius 2 is 1.90 bits per heavy atom. The molecule has 156 valence electrons. The molecule has 0 spiro atoms. The summed E-state index contributed by atoms with van der Waals surface area (Å²) in [6.07, 6.45) is 0. The number of rotatable bonds is 6. The summed E-state index contributed by atoms with van der Waals surface area (Å²) >= 11 is 1.24. The molecule has 0 saturated heterocycles. The van der Waals surface area contributed by atoms with Gasteiger partial charge >= 0.3 is 0 Å². The minimum Gasteiger partial charge on any atom is -0.486 e. The lowest BCUT2D eigenvalue weighted by molar-refractivity contribution is -0.119. The summed E-state index contributed by atoms with van der Waals surface area (Å²) in [6.45, 7) is 5.02. The lowest BCUT2D eigenvalue weighted by Gasteiger charge is -2.21. The van der Waals surface area contributed by atoms with Crippen molar-refractivity contribution in [3.63, 3.8) is 0 Å². The molecular weight excluding hydrogens is 402 g/mol. The molecule has 1 aliphatic heterocycles. The number of fused-ring (bicyclic) bond motifs is 1. The number of aryl methyl sites for hydroxylation is 1. The van der Waals surface area contributed by atoms with Gasteiger partial charge < -0.3 is 20.6 Å². The molecule has 1 aromatic heterocycles. The van der Waals surface area contributed by atoms with Crippen LogP contribution in [0.5, 0.6) is 11.5 Å². The van der Waals surface area contributed by atoms with Gasteiger partial charge in [-0.2, -0.15) is 0 Å². The van der Waals surface area contributed by atoms with Crippen molar-refractivity contribution in [3.05, 3.63) is 53.6 Å². The van der Waals surface area contributed by atoms with E-state index >= 15 is 0 Å². The van der Waals surface area contributed by atoms with E-state index in [0.717, 1.165) is 22.4 Å². The summed E-state index contributed by atoms with van der Waals surface area (Å²) in [6, 6.07) is 13.4.